The lowest BCUT2D eigenvalue weighted by atomic mass is 9.87. The molecule has 4 nitrogen and oxygen atoms in total. The van der Waals surface area contributed by atoms with Crippen molar-refractivity contribution in [2.45, 2.75) is 58.9 Å². The number of rotatable bonds is 7. The zero-order valence-electron chi connectivity index (χ0n) is 24.2. The topological polar surface area (TPSA) is 36.4 Å². The van der Waals surface area contributed by atoms with Gasteiger partial charge in [-0.25, -0.2) is 4.98 Å². The maximum Gasteiger partial charge on any atom is 0.254 e. The highest BCUT2D eigenvalue weighted by Crippen LogP contribution is 2.29. The van der Waals surface area contributed by atoms with Crippen molar-refractivity contribution < 1.29 is 4.79 Å². The molecular weight excluding hydrogens is 558 g/mol. The first-order valence-corrected chi connectivity index (χ1v) is 15.3. The molecule has 1 aliphatic rings. The molecule has 40 heavy (non-hydrogen) atoms. The number of halogens is 1. The molecule has 0 radical (unpaired) electrons. The Morgan fingerprint density at radius 3 is 2.20 bits per heavy atom. The Bertz CT molecular complexity index is 1460. The molecule has 5 rings (SSSR count). The number of pyridine rings is 1. The van der Waals surface area contributed by atoms with Gasteiger partial charge in [0.2, 0.25) is 0 Å². The van der Waals surface area contributed by atoms with E-state index in [2.05, 4.69) is 97.1 Å². The summed E-state index contributed by atoms with van der Waals surface area (Å²) in [4.78, 5) is 23.3. The summed E-state index contributed by atoms with van der Waals surface area (Å²) in [6.07, 6.45) is 3.47. The van der Waals surface area contributed by atoms with Gasteiger partial charge in [-0.15, -0.1) is 0 Å². The van der Waals surface area contributed by atoms with Gasteiger partial charge in [0, 0.05) is 48.1 Å². The highest BCUT2D eigenvalue weighted by Gasteiger charge is 2.25. The van der Waals surface area contributed by atoms with E-state index in [9.17, 15) is 4.79 Å². The van der Waals surface area contributed by atoms with Gasteiger partial charge in [0.15, 0.2) is 0 Å². The van der Waals surface area contributed by atoms with Crippen LogP contribution in [0.4, 0.5) is 0 Å². The van der Waals surface area contributed by atoms with E-state index < -0.39 is 0 Å². The Kier molecular flexibility index (Phi) is 8.72. The van der Waals surface area contributed by atoms with Gasteiger partial charge in [-0.2, -0.15) is 0 Å². The average Bonchev–Trinajstić information content (AvgIpc) is 2.96. The van der Waals surface area contributed by atoms with Crippen LogP contribution in [0.15, 0.2) is 77.3 Å². The number of fused-ring (bicyclic) bond motifs is 1. The lowest BCUT2D eigenvalue weighted by Crippen LogP contribution is -2.48. The molecule has 5 heteroatoms. The van der Waals surface area contributed by atoms with Crippen LogP contribution in [0.5, 0.6) is 0 Å². The Morgan fingerprint density at radius 2 is 1.55 bits per heavy atom. The summed E-state index contributed by atoms with van der Waals surface area (Å²) in [6, 6.07) is 25.6. The second-order valence-corrected chi connectivity index (χ2v) is 12.9. The predicted molar refractivity (Wildman–Crippen MR) is 170 cm³/mol. The molecule has 0 N–H and O–H groups in total. The monoisotopic (exact) mass is 597 g/mol. The summed E-state index contributed by atoms with van der Waals surface area (Å²) in [5.74, 6) is 0.0838. The van der Waals surface area contributed by atoms with Gasteiger partial charge in [-0.1, -0.05) is 98.6 Å². The molecule has 0 unspecified atom stereocenters. The molecule has 3 aromatic carbocycles. The van der Waals surface area contributed by atoms with Gasteiger partial charge in [0.05, 0.1) is 16.8 Å². The molecule has 1 aliphatic heterocycles. The normalized spacial score (nSPS) is 14.6. The van der Waals surface area contributed by atoms with Crippen molar-refractivity contribution in [3.8, 4) is 11.3 Å². The number of aryl methyl sites for hydroxylation is 1. The summed E-state index contributed by atoms with van der Waals surface area (Å²) < 4.78 is 0.950. The van der Waals surface area contributed by atoms with Crippen LogP contribution in [0.2, 0.25) is 0 Å². The van der Waals surface area contributed by atoms with Crippen LogP contribution in [0.1, 0.15) is 67.6 Å². The Balaban J connectivity index is 1.33. The summed E-state index contributed by atoms with van der Waals surface area (Å²) in [6.45, 7) is 13.0. The third-order valence-electron chi connectivity index (χ3n) is 7.96. The number of piperazine rings is 1. The number of hydrogen-bond donors (Lipinski definition) is 0. The summed E-state index contributed by atoms with van der Waals surface area (Å²) in [5, 5.41) is 0.893. The molecule has 0 atom stereocenters. The quantitative estimate of drug-likeness (QED) is 0.215. The predicted octanol–water partition coefficient (Wildman–Crippen LogP) is 8.26. The lowest BCUT2D eigenvalue weighted by molar-refractivity contribution is 0.0630. The van der Waals surface area contributed by atoms with E-state index in [4.69, 9.17) is 4.98 Å². The van der Waals surface area contributed by atoms with E-state index in [1.165, 1.54) is 29.5 Å². The van der Waals surface area contributed by atoms with Crippen LogP contribution in [-0.4, -0.2) is 46.9 Å². The molecular formula is C35H40BrN3O. The van der Waals surface area contributed by atoms with Gasteiger partial charge >= 0.3 is 0 Å². The fraction of sp³-hybridized carbons (Fsp3) is 0.371. The van der Waals surface area contributed by atoms with Crippen molar-refractivity contribution in [1.82, 2.24) is 14.8 Å². The number of carbonyl (C=O) groups excluding carboxylic acids is 1. The number of unbranched alkanes of at least 4 members (excludes halogenated alkanes) is 1. The summed E-state index contributed by atoms with van der Waals surface area (Å²) >= 11 is 3.60. The second kappa shape index (κ2) is 12.2. The van der Waals surface area contributed by atoms with Crippen LogP contribution < -0.4 is 0 Å². The van der Waals surface area contributed by atoms with Crippen molar-refractivity contribution in [2.75, 3.05) is 26.2 Å². The second-order valence-electron chi connectivity index (χ2n) is 12.0. The Hall–Kier alpha value is -3.02. The molecule has 208 valence electrons. The Labute approximate surface area is 247 Å². The van der Waals surface area contributed by atoms with Gasteiger partial charge in [0.1, 0.15) is 0 Å². The smallest absolute Gasteiger partial charge is 0.254 e. The van der Waals surface area contributed by atoms with E-state index in [1.54, 1.807) is 0 Å². The van der Waals surface area contributed by atoms with Crippen molar-refractivity contribution in [3.05, 3.63) is 99.5 Å². The van der Waals surface area contributed by atoms with Gasteiger partial charge < -0.3 is 4.90 Å². The first-order valence-electron chi connectivity index (χ1n) is 14.5. The minimum atomic E-state index is 0.0838. The molecule has 1 fully saturated rings. The van der Waals surface area contributed by atoms with E-state index in [-0.39, 0.29) is 11.3 Å². The zero-order valence-corrected chi connectivity index (χ0v) is 25.8. The molecule has 0 aliphatic carbocycles. The molecule has 0 spiro atoms. The van der Waals surface area contributed by atoms with Crippen LogP contribution in [-0.2, 0) is 18.4 Å². The zero-order chi connectivity index (χ0) is 28.3. The van der Waals surface area contributed by atoms with Crippen molar-refractivity contribution in [3.63, 3.8) is 0 Å². The number of amides is 1. The number of aromatic nitrogens is 1. The van der Waals surface area contributed by atoms with Gasteiger partial charge in [-0.05, 0) is 59.2 Å². The standard InChI is InChI=1S/C35H40BrN3O/c1-5-6-7-25-8-12-27(13-9-25)33-23-31(30-22-29(36)16-17-32(30)37-33)34(40)39-20-18-38(19-21-39)24-26-10-14-28(15-11-26)35(2,3)4/h8-17,22-23H,5-7,18-21,24H2,1-4H3. The maximum absolute atomic E-state index is 13.9. The molecule has 2 heterocycles. The van der Waals surface area contributed by atoms with E-state index in [1.807, 2.05) is 29.2 Å². The fourth-order valence-corrected chi connectivity index (χ4v) is 5.75. The largest absolute Gasteiger partial charge is 0.336 e. The molecule has 1 saturated heterocycles. The Morgan fingerprint density at radius 1 is 0.875 bits per heavy atom. The lowest BCUT2D eigenvalue weighted by Gasteiger charge is -2.35. The molecule has 4 aromatic rings. The molecule has 0 saturated carbocycles. The van der Waals surface area contributed by atoms with Crippen LogP contribution >= 0.6 is 15.9 Å². The van der Waals surface area contributed by atoms with Gasteiger partial charge in [-0.3, -0.25) is 9.69 Å². The minimum Gasteiger partial charge on any atom is -0.336 e. The number of nitrogens with zero attached hydrogens (tertiary/aromatic N) is 3. The SMILES string of the molecule is CCCCc1ccc(-c2cc(C(=O)N3CCN(Cc4ccc(C(C)(C)C)cc4)CC3)c3cc(Br)ccc3n2)cc1. The van der Waals surface area contributed by atoms with Crippen molar-refractivity contribution in [1.29, 1.82) is 0 Å². The van der Waals surface area contributed by atoms with Crippen molar-refractivity contribution >= 4 is 32.7 Å². The highest BCUT2D eigenvalue weighted by atomic mass is 79.9. The first-order chi connectivity index (χ1) is 19.2. The van der Waals surface area contributed by atoms with Crippen LogP contribution in [0.3, 0.4) is 0 Å². The van der Waals surface area contributed by atoms with Crippen LogP contribution in [0, 0.1) is 0 Å². The summed E-state index contributed by atoms with van der Waals surface area (Å²) in [7, 11) is 0. The van der Waals surface area contributed by atoms with E-state index in [0.29, 0.717) is 0 Å². The number of benzene rings is 3. The minimum absolute atomic E-state index is 0.0838. The van der Waals surface area contributed by atoms with Gasteiger partial charge in [0.25, 0.3) is 5.91 Å². The van der Waals surface area contributed by atoms with Crippen molar-refractivity contribution in [2.24, 2.45) is 0 Å². The molecule has 0 bridgehead atoms. The fourth-order valence-electron chi connectivity index (χ4n) is 5.39. The van der Waals surface area contributed by atoms with E-state index >= 15 is 0 Å². The third-order valence-corrected chi connectivity index (χ3v) is 8.45. The molecule has 1 aromatic heterocycles. The third kappa shape index (κ3) is 6.64. The first kappa shape index (κ1) is 28.5. The number of carbonyl (C=O) groups is 1. The van der Waals surface area contributed by atoms with E-state index in [0.717, 1.165) is 71.3 Å². The molecule has 1 amide bonds. The summed E-state index contributed by atoms with van der Waals surface area (Å²) in [5.41, 5.74) is 7.64. The maximum atomic E-state index is 13.9. The number of hydrogen-bond acceptors (Lipinski definition) is 3. The van der Waals surface area contributed by atoms with Crippen LogP contribution in [0.25, 0.3) is 22.2 Å². The average molecular weight is 599 g/mol. The highest BCUT2D eigenvalue weighted by molar-refractivity contribution is 9.10.